The van der Waals surface area contributed by atoms with Gasteiger partial charge in [-0.05, 0) is 41.3 Å². The molecule has 1 aliphatic heterocycles. The lowest BCUT2D eigenvalue weighted by Gasteiger charge is -2.34. The van der Waals surface area contributed by atoms with Crippen molar-refractivity contribution in [3.8, 4) is 17.2 Å². The molecule has 1 amide bonds. The van der Waals surface area contributed by atoms with Crippen molar-refractivity contribution in [2.45, 2.75) is 12.5 Å². The number of hydrogen-bond donors (Lipinski definition) is 0. The fourth-order valence-corrected chi connectivity index (χ4v) is 5.04. The largest absolute Gasteiger partial charge is 0.493 e. The van der Waals surface area contributed by atoms with Crippen molar-refractivity contribution < 1.29 is 33.2 Å². The molecule has 3 aromatic rings. The van der Waals surface area contributed by atoms with Gasteiger partial charge in [-0.3, -0.25) is 9.69 Å². The first-order chi connectivity index (χ1) is 21.6. The van der Waals surface area contributed by atoms with Crippen molar-refractivity contribution in [1.82, 2.24) is 9.80 Å². The van der Waals surface area contributed by atoms with Gasteiger partial charge >= 0.3 is 0 Å². The number of piperazine rings is 1. The van der Waals surface area contributed by atoms with Crippen molar-refractivity contribution in [2.75, 3.05) is 80.7 Å². The number of carbonyl (C=O) groups excluding carboxylic acids is 1. The molecule has 1 fully saturated rings. The lowest BCUT2D eigenvalue weighted by atomic mass is 10.0. The Morgan fingerprint density at radius 2 is 1.43 bits per heavy atom. The van der Waals surface area contributed by atoms with Crippen LogP contribution < -0.4 is 14.2 Å². The second kappa shape index (κ2) is 18.0. The van der Waals surface area contributed by atoms with Gasteiger partial charge in [-0.15, -0.1) is 0 Å². The van der Waals surface area contributed by atoms with Crippen LogP contribution in [0.1, 0.15) is 29.2 Å². The van der Waals surface area contributed by atoms with E-state index in [2.05, 4.69) is 29.2 Å². The summed E-state index contributed by atoms with van der Waals surface area (Å²) >= 11 is 0. The second-order valence-electron chi connectivity index (χ2n) is 10.3. The number of hydrogen-bond acceptors (Lipinski definition) is 8. The summed E-state index contributed by atoms with van der Waals surface area (Å²) in [7, 11) is 4.73. The van der Waals surface area contributed by atoms with E-state index in [-0.39, 0.29) is 18.8 Å². The quantitative estimate of drug-likeness (QED) is 0.120. The van der Waals surface area contributed by atoms with Gasteiger partial charge in [0.05, 0.1) is 27.4 Å². The topological polar surface area (TPSA) is 78.9 Å². The summed E-state index contributed by atoms with van der Waals surface area (Å²) in [6.45, 7) is 5.55. The molecule has 1 heterocycles. The smallest absolute Gasteiger partial charge is 0.246 e. The SMILES string of the molecule is COCCOCOc1c(OC)cc(C=CC(=O)N2CCN(CCCOC(c3ccccc3)c3ccccc3)CC2)cc1OC. The summed E-state index contributed by atoms with van der Waals surface area (Å²) in [6, 6.07) is 24.3. The molecule has 1 saturated heterocycles. The molecule has 0 bridgehead atoms. The maximum absolute atomic E-state index is 13.0. The molecular formula is C35H44N2O7. The number of amides is 1. The summed E-state index contributed by atoms with van der Waals surface area (Å²) < 4.78 is 33.5. The molecule has 0 unspecified atom stereocenters. The molecule has 1 aliphatic rings. The molecule has 0 aromatic heterocycles. The lowest BCUT2D eigenvalue weighted by molar-refractivity contribution is -0.127. The molecule has 0 N–H and O–H groups in total. The van der Waals surface area contributed by atoms with E-state index in [1.165, 1.54) is 0 Å². The fraction of sp³-hybridized carbons (Fsp3) is 0.400. The van der Waals surface area contributed by atoms with Gasteiger partial charge in [0.25, 0.3) is 0 Å². The molecule has 4 rings (SSSR count). The standard InChI is InChI=1S/C35H44N2O7/c1-39-23-24-42-27-44-35-31(40-2)25-28(26-32(35)41-3)15-16-33(38)37-20-18-36(19-21-37)17-10-22-43-34(29-11-6-4-7-12-29)30-13-8-5-9-14-30/h4-9,11-16,25-26,34H,10,17-24,27H2,1-3H3. The van der Waals surface area contributed by atoms with E-state index in [1.807, 2.05) is 41.3 Å². The molecule has 0 atom stereocenters. The average Bonchev–Trinajstić information content (AvgIpc) is 3.08. The summed E-state index contributed by atoms with van der Waals surface area (Å²) in [5.41, 5.74) is 3.08. The predicted octanol–water partition coefficient (Wildman–Crippen LogP) is 5.06. The van der Waals surface area contributed by atoms with E-state index in [0.717, 1.165) is 42.7 Å². The number of benzene rings is 3. The Labute approximate surface area is 260 Å². The van der Waals surface area contributed by atoms with Gasteiger partial charge in [0.2, 0.25) is 11.7 Å². The normalized spacial score (nSPS) is 13.9. The summed E-state index contributed by atoms with van der Waals surface area (Å²) in [5.74, 6) is 1.39. The van der Waals surface area contributed by atoms with Crippen molar-refractivity contribution in [1.29, 1.82) is 0 Å². The van der Waals surface area contributed by atoms with Crippen LogP contribution in [0.15, 0.2) is 78.9 Å². The van der Waals surface area contributed by atoms with Gasteiger partial charge in [-0.2, -0.15) is 0 Å². The maximum atomic E-state index is 13.0. The molecule has 0 spiro atoms. The van der Waals surface area contributed by atoms with Crippen LogP contribution in [0, 0.1) is 0 Å². The Bertz CT molecular complexity index is 1230. The van der Waals surface area contributed by atoms with Gasteiger partial charge in [0.15, 0.2) is 18.3 Å². The van der Waals surface area contributed by atoms with Gasteiger partial charge in [-0.25, -0.2) is 0 Å². The molecule has 9 nitrogen and oxygen atoms in total. The van der Waals surface area contributed by atoms with E-state index in [1.54, 1.807) is 45.6 Å². The van der Waals surface area contributed by atoms with Crippen LogP contribution in [0.4, 0.5) is 0 Å². The first-order valence-electron chi connectivity index (χ1n) is 15.0. The van der Waals surface area contributed by atoms with E-state index in [0.29, 0.717) is 50.2 Å². The zero-order valence-electron chi connectivity index (χ0n) is 26.0. The van der Waals surface area contributed by atoms with Crippen LogP contribution in [0.2, 0.25) is 0 Å². The van der Waals surface area contributed by atoms with Crippen LogP contribution in [-0.2, 0) is 19.0 Å². The average molecular weight is 605 g/mol. The molecular weight excluding hydrogens is 560 g/mol. The van der Waals surface area contributed by atoms with E-state index in [9.17, 15) is 4.79 Å². The summed E-state index contributed by atoms with van der Waals surface area (Å²) in [4.78, 5) is 17.2. The number of nitrogens with zero attached hydrogens (tertiary/aromatic N) is 2. The highest BCUT2D eigenvalue weighted by atomic mass is 16.7. The minimum Gasteiger partial charge on any atom is -0.493 e. The first-order valence-corrected chi connectivity index (χ1v) is 15.0. The van der Waals surface area contributed by atoms with E-state index in [4.69, 9.17) is 28.4 Å². The molecule has 236 valence electrons. The van der Waals surface area contributed by atoms with Crippen LogP contribution >= 0.6 is 0 Å². The van der Waals surface area contributed by atoms with Gasteiger partial charge in [0, 0.05) is 52.5 Å². The highest BCUT2D eigenvalue weighted by molar-refractivity contribution is 5.92. The van der Waals surface area contributed by atoms with Crippen molar-refractivity contribution in [3.05, 3.63) is 95.6 Å². The molecule has 0 aliphatic carbocycles. The highest BCUT2D eigenvalue weighted by Gasteiger charge is 2.20. The third-order valence-corrected chi connectivity index (χ3v) is 7.41. The molecule has 0 radical (unpaired) electrons. The van der Waals surface area contributed by atoms with Gasteiger partial charge in [-0.1, -0.05) is 60.7 Å². The number of rotatable bonds is 17. The van der Waals surface area contributed by atoms with Crippen molar-refractivity contribution >= 4 is 12.0 Å². The Morgan fingerprint density at radius 3 is 2.00 bits per heavy atom. The van der Waals surface area contributed by atoms with Crippen molar-refractivity contribution in [3.63, 3.8) is 0 Å². The van der Waals surface area contributed by atoms with Crippen molar-refractivity contribution in [2.24, 2.45) is 0 Å². The van der Waals surface area contributed by atoms with Crippen LogP contribution in [0.3, 0.4) is 0 Å². The maximum Gasteiger partial charge on any atom is 0.246 e. The van der Waals surface area contributed by atoms with Crippen LogP contribution in [0.25, 0.3) is 6.08 Å². The lowest BCUT2D eigenvalue weighted by Crippen LogP contribution is -2.48. The first kappa shape index (κ1) is 33.0. The third kappa shape index (κ3) is 9.82. The fourth-order valence-electron chi connectivity index (χ4n) is 5.04. The summed E-state index contributed by atoms with van der Waals surface area (Å²) in [5, 5.41) is 0. The van der Waals surface area contributed by atoms with Gasteiger partial charge in [0.1, 0.15) is 6.10 Å². The van der Waals surface area contributed by atoms with E-state index >= 15 is 0 Å². The molecule has 0 saturated carbocycles. The minimum absolute atomic E-state index is 0.0219. The Hall–Kier alpha value is -3.89. The Kier molecular flexibility index (Phi) is 13.5. The Balaban J connectivity index is 1.23. The predicted molar refractivity (Wildman–Crippen MR) is 170 cm³/mol. The third-order valence-electron chi connectivity index (χ3n) is 7.41. The van der Waals surface area contributed by atoms with Gasteiger partial charge < -0.3 is 33.3 Å². The zero-order valence-corrected chi connectivity index (χ0v) is 26.0. The van der Waals surface area contributed by atoms with E-state index < -0.39 is 0 Å². The molecule has 9 heteroatoms. The van der Waals surface area contributed by atoms with Crippen LogP contribution in [-0.4, -0.2) is 96.4 Å². The highest BCUT2D eigenvalue weighted by Crippen LogP contribution is 2.39. The molecule has 44 heavy (non-hydrogen) atoms. The zero-order chi connectivity index (χ0) is 31.0. The summed E-state index contributed by atoms with van der Waals surface area (Å²) in [6.07, 6.45) is 4.21. The second-order valence-corrected chi connectivity index (χ2v) is 10.3. The number of ether oxygens (including phenoxy) is 6. The molecule has 3 aromatic carbocycles. The Morgan fingerprint density at radius 1 is 0.818 bits per heavy atom. The van der Waals surface area contributed by atoms with Crippen LogP contribution in [0.5, 0.6) is 17.2 Å². The number of carbonyl (C=O) groups is 1. The number of methoxy groups -OCH3 is 3. The monoisotopic (exact) mass is 604 g/mol. The minimum atomic E-state index is -0.0811.